The Morgan fingerprint density at radius 3 is 2.44 bits per heavy atom. The van der Waals surface area contributed by atoms with E-state index in [0.717, 1.165) is 5.56 Å². The Morgan fingerprint density at radius 2 is 1.88 bits per heavy atom. The first-order valence-corrected chi connectivity index (χ1v) is 7.57. The Labute approximate surface area is 146 Å². The number of carboxylic acids is 1. The number of esters is 1. The SMILES string of the molecule is C=C1C=CC(C(=O)OC)=CN1/C(CC(=O)O)=C(\N)c1ccc(C)cc1. The van der Waals surface area contributed by atoms with Crippen LogP contribution in [0.4, 0.5) is 0 Å². The minimum atomic E-state index is -1.04. The second kappa shape index (κ2) is 7.53. The van der Waals surface area contributed by atoms with E-state index >= 15 is 0 Å². The summed E-state index contributed by atoms with van der Waals surface area (Å²) in [7, 11) is 1.28. The number of methoxy groups -OCH3 is 1. The molecule has 0 saturated heterocycles. The van der Waals surface area contributed by atoms with E-state index in [2.05, 4.69) is 6.58 Å². The lowest BCUT2D eigenvalue weighted by Gasteiger charge is -2.28. The summed E-state index contributed by atoms with van der Waals surface area (Å²) >= 11 is 0. The molecule has 1 aromatic rings. The van der Waals surface area contributed by atoms with E-state index in [1.165, 1.54) is 18.2 Å². The van der Waals surface area contributed by atoms with Gasteiger partial charge in [-0.05, 0) is 24.6 Å². The highest BCUT2D eigenvalue weighted by Crippen LogP contribution is 2.28. The highest BCUT2D eigenvalue weighted by Gasteiger charge is 2.22. The van der Waals surface area contributed by atoms with Crippen LogP contribution in [0.15, 0.2) is 66.2 Å². The van der Waals surface area contributed by atoms with E-state index in [0.29, 0.717) is 22.7 Å². The highest BCUT2D eigenvalue weighted by atomic mass is 16.5. The van der Waals surface area contributed by atoms with Gasteiger partial charge in [-0.15, -0.1) is 0 Å². The largest absolute Gasteiger partial charge is 0.481 e. The van der Waals surface area contributed by atoms with Gasteiger partial charge in [0.05, 0.1) is 30.5 Å². The van der Waals surface area contributed by atoms with Crippen LogP contribution in [0.2, 0.25) is 0 Å². The van der Waals surface area contributed by atoms with Gasteiger partial charge in [0.15, 0.2) is 0 Å². The van der Waals surface area contributed by atoms with Crippen LogP contribution < -0.4 is 5.73 Å². The fourth-order valence-electron chi connectivity index (χ4n) is 2.37. The lowest BCUT2D eigenvalue weighted by molar-refractivity contribution is -0.136. The fraction of sp³-hybridized carbons (Fsp3) is 0.158. The van der Waals surface area contributed by atoms with Crippen molar-refractivity contribution in [2.24, 2.45) is 5.73 Å². The van der Waals surface area contributed by atoms with Gasteiger partial charge in [-0.2, -0.15) is 0 Å². The second-order valence-corrected chi connectivity index (χ2v) is 5.57. The average molecular weight is 340 g/mol. The van der Waals surface area contributed by atoms with Crippen LogP contribution in [0.1, 0.15) is 17.5 Å². The molecule has 0 saturated carbocycles. The Kier molecular flexibility index (Phi) is 5.44. The van der Waals surface area contributed by atoms with Crippen molar-refractivity contribution in [3.8, 4) is 0 Å². The minimum absolute atomic E-state index is 0.273. The lowest BCUT2D eigenvalue weighted by atomic mass is 10.0. The number of carbonyl (C=O) groups excluding carboxylic acids is 1. The molecule has 25 heavy (non-hydrogen) atoms. The number of carboxylic acid groups (broad SMARTS) is 1. The van der Waals surface area contributed by atoms with Gasteiger partial charge in [0.1, 0.15) is 0 Å². The predicted molar refractivity (Wildman–Crippen MR) is 94.8 cm³/mol. The number of allylic oxidation sites excluding steroid dienone is 1. The molecular weight excluding hydrogens is 320 g/mol. The number of nitrogens with zero attached hydrogens (tertiary/aromatic N) is 1. The third kappa shape index (κ3) is 4.17. The van der Waals surface area contributed by atoms with Crippen molar-refractivity contribution in [2.75, 3.05) is 7.11 Å². The zero-order valence-electron chi connectivity index (χ0n) is 14.2. The molecule has 0 fully saturated rings. The molecular formula is C19H20N2O4. The number of carbonyl (C=O) groups is 2. The van der Waals surface area contributed by atoms with E-state index in [1.807, 2.05) is 31.2 Å². The van der Waals surface area contributed by atoms with Gasteiger partial charge in [-0.3, -0.25) is 4.79 Å². The summed E-state index contributed by atoms with van der Waals surface area (Å²) < 4.78 is 4.71. The average Bonchev–Trinajstić information content (AvgIpc) is 2.59. The summed E-state index contributed by atoms with van der Waals surface area (Å²) in [4.78, 5) is 24.6. The van der Waals surface area contributed by atoms with Gasteiger partial charge >= 0.3 is 11.9 Å². The molecule has 130 valence electrons. The summed E-state index contributed by atoms with van der Waals surface area (Å²) in [6.07, 6.45) is 4.33. The Hall–Kier alpha value is -3.28. The number of ether oxygens (including phenoxy) is 1. The van der Waals surface area contributed by atoms with E-state index < -0.39 is 11.9 Å². The number of aryl methyl sites for hydroxylation is 1. The van der Waals surface area contributed by atoms with Crippen molar-refractivity contribution in [1.29, 1.82) is 0 Å². The van der Waals surface area contributed by atoms with Crippen molar-refractivity contribution in [1.82, 2.24) is 4.90 Å². The molecule has 0 aliphatic carbocycles. The van der Waals surface area contributed by atoms with Crippen LogP contribution in [0.3, 0.4) is 0 Å². The van der Waals surface area contributed by atoms with E-state index in [4.69, 9.17) is 10.5 Å². The Bertz CT molecular complexity index is 801. The molecule has 0 amide bonds. The Balaban J connectivity index is 2.54. The van der Waals surface area contributed by atoms with E-state index in [9.17, 15) is 14.7 Å². The summed E-state index contributed by atoms with van der Waals surface area (Å²) in [5, 5.41) is 9.29. The van der Waals surface area contributed by atoms with Crippen LogP contribution in [0, 0.1) is 6.92 Å². The zero-order valence-corrected chi connectivity index (χ0v) is 14.2. The van der Waals surface area contributed by atoms with Crippen molar-refractivity contribution in [3.05, 3.63) is 77.3 Å². The van der Waals surface area contributed by atoms with Gasteiger partial charge in [0.25, 0.3) is 0 Å². The molecule has 0 radical (unpaired) electrons. The number of rotatable bonds is 5. The summed E-state index contributed by atoms with van der Waals surface area (Å²) in [6.45, 7) is 5.84. The molecule has 1 aliphatic rings. The first kappa shape index (κ1) is 18.1. The first-order chi connectivity index (χ1) is 11.8. The maximum Gasteiger partial charge on any atom is 0.339 e. The third-order valence-corrected chi connectivity index (χ3v) is 3.74. The fourth-order valence-corrected chi connectivity index (χ4v) is 2.37. The molecule has 6 nitrogen and oxygen atoms in total. The van der Waals surface area contributed by atoms with E-state index in [1.54, 1.807) is 12.2 Å². The number of nitrogens with two attached hydrogens (primary N) is 1. The standard InChI is InChI=1S/C19H20N2O4/c1-12-4-7-14(8-5-12)18(20)16(10-17(22)23)21-11-15(19(24)25-3)9-6-13(21)2/h4-9,11H,2,10,20H2,1,3H3,(H,22,23)/b18-16-. The van der Waals surface area contributed by atoms with Gasteiger partial charge in [-0.25, -0.2) is 4.79 Å². The molecule has 0 bridgehead atoms. The van der Waals surface area contributed by atoms with E-state index in [-0.39, 0.29) is 12.0 Å². The third-order valence-electron chi connectivity index (χ3n) is 3.74. The quantitative estimate of drug-likeness (QED) is 0.800. The topological polar surface area (TPSA) is 92.9 Å². The molecule has 1 aromatic carbocycles. The minimum Gasteiger partial charge on any atom is -0.481 e. The van der Waals surface area contributed by atoms with Gasteiger partial charge < -0.3 is 20.5 Å². The van der Waals surface area contributed by atoms with Crippen molar-refractivity contribution < 1.29 is 19.4 Å². The molecule has 3 N–H and O–H groups in total. The molecule has 0 atom stereocenters. The predicted octanol–water partition coefficient (Wildman–Crippen LogP) is 2.54. The van der Waals surface area contributed by atoms with Crippen molar-refractivity contribution >= 4 is 17.6 Å². The van der Waals surface area contributed by atoms with Gasteiger partial charge in [-0.1, -0.05) is 36.4 Å². The van der Waals surface area contributed by atoms with Crippen molar-refractivity contribution in [3.63, 3.8) is 0 Å². The first-order valence-electron chi connectivity index (χ1n) is 7.57. The summed E-state index contributed by atoms with van der Waals surface area (Å²) in [5.74, 6) is -1.57. The van der Waals surface area contributed by atoms with Crippen LogP contribution in [0.25, 0.3) is 5.70 Å². The smallest absolute Gasteiger partial charge is 0.339 e. The summed E-state index contributed by atoms with van der Waals surface area (Å²) in [6, 6.07) is 7.42. The molecule has 1 aliphatic heterocycles. The lowest BCUT2D eigenvalue weighted by Crippen LogP contribution is -2.24. The second-order valence-electron chi connectivity index (χ2n) is 5.57. The monoisotopic (exact) mass is 340 g/mol. The Morgan fingerprint density at radius 1 is 1.24 bits per heavy atom. The zero-order chi connectivity index (χ0) is 18.6. The van der Waals surface area contributed by atoms with Crippen molar-refractivity contribution in [2.45, 2.75) is 13.3 Å². The molecule has 1 heterocycles. The molecule has 6 heteroatoms. The van der Waals surface area contributed by atoms with Crippen LogP contribution in [0.5, 0.6) is 0 Å². The number of aliphatic carboxylic acids is 1. The number of hydrogen-bond donors (Lipinski definition) is 2. The molecule has 0 unspecified atom stereocenters. The summed E-state index contributed by atoms with van der Waals surface area (Å²) in [5.41, 5.74) is 9.41. The van der Waals surface area contributed by atoms with Gasteiger partial charge in [0.2, 0.25) is 0 Å². The molecule has 2 rings (SSSR count). The van der Waals surface area contributed by atoms with Crippen LogP contribution in [-0.4, -0.2) is 29.1 Å². The van der Waals surface area contributed by atoms with Crippen LogP contribution >= 0.6 is 0 Å². The van der Waals surface area contributed by atoms with Crippen LogP contribution in [-0.2, 0) is 14.3 Å². The maximum atomic E-state index is 11.8. The normalized spacial score (nSPS) is 14.7. The number of hydrogen-bond acceptors (Lipinski definition) is 5. The molecule has 0 aromatic heterocycles. The maximum absolute atomic E-state index is 11.8. The number of benzene rings is 1. The van der Waals surface area contributed by atoms with Gasteiger partial charge in [0, 0.05) is 11.9 Å². The highest BCUT2D eigenvalue weighted by molar-refractivity contribution is 5.92. The molecule has 0 spiro atoms.